The normalized spacial score (nSPS) is 11.6. The maximum absolute atomic E-state index is 12.3. The molecular formula is C21H27NO3. The number of aryl methyl sites for hydroxylation is 2. The summed E-state index contributed by atoms with van der Waals surface area (Å²) in [7, 11) is 1.67. The lowest BCUT2D eigenvalue weighted by Crippen LogP contribution is -2.38. The van der Waals surface area contributed by atoms with E-state index < -0.39 is 6.10 Å². The third-order valence-corrected chi connectivity index (χ3v) is 4.10. The third kappa shape index (κ3) is 5.82. The van der Waals surface area contributed by atoms with Crippen molar-refractivity contribution in [3.05, 3.63) is 59.7 Å². The van der Waals surface area contributed by atoms with Crippen LogP contribution in [0.3, 0.4) is 0 Å². The van der Waals surface area contributed by atoms with Gasteiger partial charge < -0.3 is 14.8 Å². The predicted octanol–water partition coefficient (Wildman–Crippen LogP) is 3.91. The number of benzene rings is 2. The second-order valence-electron chi connectivity index (χ2n) is 6.03. The Balaban J connectivity index is 1.79. The number of nitrogens with one attached hydrogen (secondary N) is 1. The number of hydrogen-bond acceptors (Lipinski definition) is 3. The van der Waals surface area contributed by atoms with Gasteiger partial charge in [0.25, 0.3) is 5.91 Å². The van der Waals surface area contributed by atoms with Gasteiger partial charge in [0.1, 0.15) is 11.5 Å². The number of para-hydroxylation sites is 1. The molecule has 2 rings (SSSR count). The molecule has 0 fully saturated rings. The van der Waals surface area contributed by atoms with Crippen LogP contribution in [0.2, 0.25) is 0 Å². The van der Waals surface area contributed by atoms with Gasteiger partial charge >= 0.3 is 0 Å². The van der Waals surface area contributed by atoms with E-state index in [1.807, 2.05) is 56.3 Å². The summed E-state index contributed by atoms with van der Waals surface area (Å²) in [5, 5.41) is 2.98. The van der Waals surface area contributed by atoms with Crippen LogP contribution in [0, 0.1) is 6.92 Å². The number of methoxy groups -OCH3 is 1. The van der Waals surface area contributed by atoms with Gasteiger partial charge in [-0.05, 0) is 55.5 Å². The number of ether oxygens (including phenoxy) is 2. The summed E-state index contributed by atoms with van der Waals surface area (Å²) in [5.41, 5.74) is 2.24. The second kappa shape index (κ2) is 9.72. The standard InChI is InChI=1S/C21H27NO3/c1-4-19(25-20-13-6-5-9-16(20)2)21(23)22-14-8-11-17-10-7-12-18(15-17)24-3/h5-7,9-10,12-13,15,19H,4,8,11,14H2,1-3H3,(H,22,23)/t19-/m0/s1. The van der Waals surface area contributed by atoms with Crippen LogP contribution in [0.15, 0.2) is 48.5 Å². The molecule has 0 aromatic heterocycles. The minimum Gasteiger partial charge on any atom is -0.497 e. The first-order valence-corrected chi connectivity index (χ1v) is 8.77. The van der Waals surface area contributed by atoms with Gasteiger partial charge in [-0.3, -0.25) is 4.79 Å². The number of carbonyl (C=O) groups excluding carboxylic acids is 1. The largest absolute Gasteiger partial charge is 0.497 e. The molecule has 1 N–H and O–H groups in total. The number of hydrogen-bond donors (Lipinski definition) is 1. The molecule has 134 valence electrons. The van der Waals surface area contributed by atoms with E-state index in [1.54, 1.807) is 7.11 Å². The molecule has 0 spiro atoms. The SMILES string of the molecule is CC[C@H](Oc1ccccc1C)C(=O)NCCCc1cccc(OC)c1. The van der Waals surface area contributed by atoms with Gasteiger partial charge in [-0.1, -0.05) is 37.3 Å². The molecule has 25 heavy (non-hydrogen) atoms. The first-order chi connectivity index (χ1) is 12.1. The summed E-state index contributed by atoms with van der Waals surface area (Å²) in [6.07, 6.45) is 1.95. The zero-order chi connectivity index (χ0) is 18.1. The van der Waals surface area contributed by atoms with Crippen LogP contribution in [0.1, 0.15) is 30.9 Å². The van der Waals surface area contributed by atoms with Crippen molar-refractivity contribution in [3.63, 3.8) is 0 Å². The van der Waals surface area contributed by atoms with Crippen LogP contribution in [-0.4, -0.2) is 25.7 Å². The van der Waals surface area contributed by atoms with Crippen LogP contribution >= 0.6 is 0 Å². The number of rotatable bonds is 9. The zero-order valence-corrected chi connectivity index (χ0v) is 15.2. The van der Waals surface area contributed by atoms with Crippen molar-refractivity contribution in [1.29, 1.82) is 0 Å². The maximum atomic E-state index is 12.3. The van der Waals surface area contributed by atoms with Gasteiger partial charge in [0.15, 0.2) is 6.10 Å². The van der Waals surface area contributed by atoms with Crippen molar-refractivity contribution < 1.29 is 14.3 Å². The smallest absolute Gasteiger partial charge is 0.261 e. The average molecular weight is 341 g/mol. The minimum absolute atomic E-state index is 0.0589. The lowest BCUT2D eigenvalue weighted by molar-refractivity contribution is -0.128. The fraction of sp³-hybridized carbons (Fsp3) is 0.381. The van der Waals surface area contributed by atoms with Crippen molar-refractivity contribution in [3.8, 4) is 11.5 Å². The molecule has 1 amide bonds. The highest BCUT2D eigenvalue weighted by Crippen LogP contribution is 2.19. The molecule has 0 saturated heterocycles. The van der Waals surface area contributed by atoms with Gasteiger partial charge in [0.2, 0.25) is 0 Å². The Hall–Kier alpha value is -2.49. The van der Waals surface area contributed by atoms with Gasteiger partial charge in [-0.2, -0.15) is 0 Å². The molecule has 0 aliphatic rings. The van der Waals surface area contributed by atoms with Crippen molar-refractivity contribution in [2.24, 2.45) is 0 Å². The molecule has 0 heterocycles. The monoisotopic (exact) mass is 341 g/mol. The molecular weight excluding hydrogens is 314 g/mol. The predicted molar refractivity (Wildman–Crippen MR) is 100 cm³/mol. The third-order valence-electron chi connectivity index (χ3n) is 4.10. The Kier molecular flexibility index (Phi) is 7.33. The summed E-state index contributed by atoms with van der Waals surface area (Å²) in [6, 6.07) is 15.8. The molecule has 4 heteroatoms. The summed E-state index contributed by atoms with van der Waals surface area (Å²) in [4.78, 5) is 12.3. The molecule has 0 aliphatic heterocycles. The molecule has 1 atom stereocenters. The fourth-order valence-electron chi connectivity index (χ4n) is 2.61. The lowest BCUT2D eigenvalue weighted by Gasteiger charge is -2.18. The lowest BCUT2D eigenvalue weighted by atomic mass is 10.1. The summed E-state index contributed by atoms with van der Waals surface area (Å²) < 4.78 is 11.1. The molecule has 2 aromatic rings. The van der Waals surface area contributed by atoms with Gasteiger partial charge in [-0.15, -0.1) is 0 Å². The van der Waals surface area contributed by atoms with E-state index in [2.05, 4.69) is 11.4 Å². The highest BCUT2D eigenvalue weighted by Gasteiger charge is 2.18. The van der Waals surface area contributed by atoms with Crippen molar-refractivity contribution >= 4 is 5.91 Å². The summed E-state index contributed by atoms with van der Waals surface area (Å²) in [6.45, 7) is 4.57. The Bertz CT molecular complexity index is 684. The molecule has 0 saturated carbocycles. The van der Waals surface area contributed by atoms with E-state index in [4.69, 9.17) is 9.47 Å². The van der Waals surface area contributed by atoms with Crippen molar-refractivity contribution in [2.75, 3.05) is 13.7 Å². The Morgan fingerprint density at radius 2 is 1.96 bits per heavy atom. The molecule has 0 aliphatic carbocycles. The van der Waals surface area contributed by atoms with Crippen LogP contribution in [0.5, 0.6) is 11.5 Å². The zero-order valence-electron chi connectivity index (χ0n) is 15.2. The van der Waals surface area contributed by atoms with Gasteiger partial charge in [0, 0.05) is 6.54 Å². The highest BCUT2D eigenvalue weighted by atomic mass is 16.5. The van der Waals surface area contributed by atoms with Crippen LogP contribution in [0.4, 0.5) is 0 Å². The molecule has 0 radical (unpaired) electrons. The van der Waals surface area contributed by atoms with E-state index in [9.17, 15) is 4.79 Å². The van der Waals surface area contributed by atoms with Crippen LogP contribution in [-0.2, 0) is 11.2 Å². The van der Waals surface area contributed by atoms with Crippen LogP contribution in [0.25, 0.3) is 0 Å². The molecule has 0 unspecified atom stereocenters. The van der Waals surface area contributed by atoms with E-state index in [-0.39, 0.29) is 5.91 Å². The van der Waals surface area contributed by atoms with Crippen molar-refractivity contribution in [2.45, 2.75) is 39.2 Å². The minimum atomic E-state index is -0.460. The Labute approximate surface area is 150 Å². The van der Waals surface area contributed by atoms with E-state index in [0.717, 1.165) is 29.9 Å². The maximum Gasteiger partial charge on any atom is 0.261 e. The van der Waals surface area contributed by atoms with Crippen molar-refractivity contribution in [1.82, 2.24) is 5.32 Å². The van der Waals surface area contributed by atoms with E-state index >= 15 is 0 Å². The van der Waals surface area contributed by atoms with Gasteiger partial charge in [0.05, 0.1) is 7.11 Å². The number of carbonyl (C=O) groups is 1. The number of amides is 1. The van der Waals surface area contributed by atoms with E-state index in [0.29, 0.717) is 13.0 Å². The van der Waals surface area contributed by atoms with Crippen LogP contribution < -0.4 is 14.8 Å². The first kappa shape index (κ1) is 18.8. The highest BCUT2D eigenvalue weighted by molar-refractivity contribution is 5.81. The second-order valence-corrected chi connectivity index (χ2v) is 6.03. The topological polar surface area (TPSA) is 47.6 Å². The van der Waals surface area contributed by atoms with E-state index in [1.165, 1.54) is 5.56 Å². The molecule has 4 nitrogen and oxygen atoms in total. The Morgan fingerprint density at radius 1 is 1.16 bits per heavy atom. The first-order valence-electron chi connectivity index (χ1n) is 8.77. The Morgan fingerprint density at radius 3 is 2.68 bits per heavy atom. The quantitative estimate of drug-likeness (QED) is 0.704. The van der Waals surface area contributed by atoms with Gasteiger partial charge in [-0.25, -0.2) is 0 Å². The molecule has 0 bridgehead atoms. The fourth-order valence-corrected chi connectivity index (χ4v) is 2.61. The summed E-state index contributed by atoms with van der Waals surface area (Å²) in [5.74, 6) is 1.57. The molecule has 2 aromatic carbocycles. The summed E-state index contributed by atoms with van der Waals surface area (Å²) >= 11 is 0. The average Bonchev–Trinajstić information content (AvgIpc) is 2.64.